The van der Waals surface area contributed by atoms with Crippen LogP contribution in [-0.4, -0.2) is 46.0 Å². The fourth-order valence-corrected chi connectivity index (χ4v) is 2.36. The molecule has 1 aliphatic rings. The Kier molecular flexibility index (Phi) is 2.85. The van der Waals surface area contributed by atoms with Crippen LogP contribution in [0.25, 0.3) is 5.65 Å². The molecule has 0 aromatic carbocycles. The maximum Gasteiger partial charge on any atom is 0.224 e. The molecule has 96 valence electrons. The lowest BCUT2D eigenvalue weighted by Crippen LogP contribution is -2.12. The Morgan fingerprint density at radius 1 is 1.56 bits per heavy atom. The molecule has 1 unspecified atom stereocenters. The molecule has 2 aromatic rings. The van der Waals surface area contributed by atoms with Crippen molar-refractivity contribution in [2.45, 2.75) is 18.4 Å². The molecule has 1 aliphatic heterocycles. The summed E-state index contributed by atoms with van der Waals surface area (Å²) in [4.78, 5) is 8.15. The Bertz CT molecular complexity index is 555. The summed E-state index contributed by atoms with van der Waals surface area (Å²) in [6, 6.07) is 0. The van der Waals surface area contributed by atoms with Crippen LogP contribution in [0.1, 0.15) is 17.9 Å². The van der Waals surface area contributed by atoms with E-state index in [0.29, 0.717) is 19.2 Å². The Morgan fingerprint density at radius 3 is 3.28 bits per heavy atom. The van der Waals surface area contributed by atoms with Gasteiger partial charge in [0, 0.05) is 18.6 Å². The van der Waals surface area contributed by atoms with Crippen LogP contribution in [0.3, 0.4) is 0 Å². The number of hydrogen-bond acceptors (Lipinski definition) is 6. The summed E-state index contributed by atoms with van der Waals surface area (Å²) in [5, 5.41) is 4.21. The summed E-state index contributed by atoms with van der Waals surface area (Å²) < 4.78 is 12.3. The van der Waals surface area contributed by atoms with Crippen molar-refractivity contribution in [1.82, 2.24) is 19.6 Å². The van der Waals surface area contributed by atoms with E-state index in [1.54, 1.807) is 17.8 Å². The van der Waals surface area contributed by atoms with Crippen LogP contribution in [-0.2, 0) is 9.47 Å². The minimum absolute atomic E-state index is 0.147. The van der Waals surface area contributed by atoms with Crippen molar-refractivity contribution in [1.29, 1.82) is 0 Å². The van der Waals surface area contributed by atoms with Gasteiger partial charge in [0.05, 0.1) is 25.5 Å². The Morgan fingerprint density at radius 2 is 2.44 bits per heavy atom. The van der Waals surface area contributed by atoms with Crippen molar-refractivity contribution in [2.75, 3.05) is 26.1 Å². The lowest BCUT2D eigenvalue weighted by molar-refractivity contribution is 0.0376. The van der Waals surface area contributed by atoms with Gasteiger partial charge in [-0.3, -0.25) is 0 Å². The van der Waals surface area contributed by atoms with Gasteiger partial charge in [-0.2, -0.15) is 9.61 Å². The van der Waals surface area contributed by atoms with Gasteiger partial charge in [0.2, 0.25) is 5.95 Å². The molecule has 3 heterocycles. The highest BCUT2D eigenvalue weighted by molar-refractivity contribution is 5.51. The van der Waals surface area contributed by atoms with Gasteiger partial charge in [-0.15, -0.1) is 0 Å². The van der Waals surface area contributed by atoms with Crippen molar-refractivity contribution in [3.05, 3.63) is 18.1 Å². The van der Waals surface area contributed by atoms with Crippen molar-refractivity contribution in [2.24, 2.45) is 0 Å². The summed E-state index contributed by atoms with van der Waals surface area (Å²) in [6.07, 6.45) is 4.31. The first-order valence-corrected chi connectivity index (χ1v) is 5.84. The van der Waals surface area contributed by atoms with Crippen LogP contribution in [0.5, 0.6) is 0 Å². The molecular weight excluding hydrogens is 234 g/mol. The van der Waals surface area contributed by atoms with Gasteiger partial charge in [-0.25, -0.2) is 9.97 Å². The third kappa shape index (κ3) is 1.81. The maximum atomic E-state index is 5.74. The molecule has 0 spiro atoms. The topological polar surface area (TPSA) is 87.6 Å². The van der Waals surface area contributed by atoms with Crippen LogP contribution in [0, 0.1) is 0 Å². The highest BCUT2D eigenvalue weighted by atomic mass is 16.5. The molecule has 0 radical (unpaired) electrons. The van der Waals surface area contributed by atoms with Gasteiger partial charge < -0.3 is 15.2 Å². The summed E-state index contributed by atoms with van der Waals surface area (Å²) in [5.41, 5.74) is 7.56. The molecule has 1 fully saturated rings. The average molecular weight is 249 g/mol. The highest BCUT2D eigenvalue weighted by Crippen LogP contribution is 2.31. The quantitative estimate of drug-likeness (QED) is 0.837. The van der Waals surface area contributed by atoms with E-state index in [1.165, 1.54) is 6.33 Å². The van der Waals surface area contributed by atoms with Crippen molar-refractivity contribution in [3.8, 4) is 0 Å². The van der Waals surface area contributed by atoms with E-state index in [0.717, 1.165) is 17.6 Å². The first-order chi connectivity index (χ1) is 8.79. The van der Waals surface area contributed by atoms with E-state index in [4.69, 9.17) is 15.2 Å². The molecule has 1 saturated heterocycles. The van der Waals surface area contributed by atoms with Gasteiger partial charge in [-0.1, -0.05) is 0 Å². The van der Waals surface area contributed by atoms with Crippen LogP contribution in [0.2, 0.25) is 0 Å². The molecular formula is C11H15N5O2. The van der Waals surface area contributed by atoms with Gasteiger partial charge in [-0.05, 0) is 6.42 Å². The second kappa shape index (κ2) is 4.51. The summed E-state index contributed by atoms with van der Waals surface area (Å²) in [7, 11) is 1.68. The van der Waals surface area contributed by atoms with Crippen molar-refractivity contribution < 1.29 is 9.47 Å². The van der Waals surface area contributed by atoms with Gasteiger partial charge in [0.25, 0.3) is 0 Å². The number of fused-ring (bicyclic) bond motifs is 1. The third-order valence-corrected chi connectivity index (χ3v) is 3.23. The SMILES string of the molecule is COC[C@@H]1CC(c2cnn3c(N)ncnc23)CO1. The number of nitrogens with two attached hydrogens (primary N) is 1. The number of nitrogen functional groups attached to an aromatic ring is 1. The van der Waals surface area contributed by atoms with E-state index < -0.39 is 0 Å². The second-order valence-electron chi connectivity index (χ2n) is 4.41. The average Bonchev–Trinajstić information content (AvgIpc) is 2.96. The molecule has 3 rings (SSSR count). The minimum Gasteiger partial charge on any atom is -0.382 e. The van der Waals surface area contributed by atoms with Gasteiger partial charge in [0.1, 0.15) is 6.33 Å². The van der Waals surface area contributed by atoms with E-state index in [9.17, 15) is 0 Å². The lowest BCUT2D eigenvalue weighted by Gasteiger charge is -2.07. The monoisotopic (exact) mass is 249 g/mol. The van der Waals surface area contributed by atoms with E-state index >= 15 is 0 Å². The molecule has 0 bridgehead atoms. The number of methoxy groups -OCH3 is 1. The molecule has 0 saturated carbocycles. The molecule has 2 aromatic heterocycles. The highest BCUT2D eigenvalue weighted by Gasteiger charge is 2.29. The standard InChI is InChI=1S/C11H15N5O2/c1-17-5-8-2-7(4-18-8)9-3-15-16-10(9)13-6-14-11(16)12/h3,6-8H,2,4-5H2,1H3,(H2,12,13,14)/t7?,8-/m0/s1. The van der Waals surface area contributed by atoms with Crippen molar-refractivity contribution >= 4 is 11.6 Å². The lowest BCUT2D eigenvalue weighted by atomic mass is 9.99. The summed E-state index contributed by atoms with van der Waals surface area (Å²) in [6.45, 7) is 1.28. The Labute approximate surface area is 104 Å². The second-order valence-corrected chi connectivity index (χ2v) is 4.41. The van der Waals surface area contributed by atoms with Crippen LogP contribution in [0.4, 0.5) is 5.95 Å². The van der Waals surface area contributed by atoms with Crippen LogP contribution < -0.4 is 5.73 Å². The summed E-state index contributed by atoms with van der Waals surface area (Å²) >= 11 is 0. The predicted molar refractivity (Wildman–Crippen MR) is 64.2 cm³/mol. The molecule has 2 N–H and O–H groups in total. The fourth-order valence-electron chi connectivity index (χ4n) is 2.36. The van der Waals surface area contributed by atoms with Crippen molar-refractivity contribution in [3.63, 3.8) is 0 Å². The predicted octanol–water partition coefficient (Wildman–Crippen LogP) is 0.225. The van der Waals surface area contributed by atoms with Gasteiger partial charge in [0.15, 0.2) is 5.65 Å². The van der Waals surface area contributed by atoms with E-state index in [1.807, 2.05) is 0 Å². The molecule has 0 aliphatic carbocycles. The number of rotatable bonds is 3. The Balaban J connectivity index is 1.89. The van der Waals surface area contributed by atoms with E-state index in [-0.39, 0.29) is 12.0 Å². The molecule has 7 heteroatoms. The zero-order valence-corrected chi connectivity index (χ0v) is 10.1. The number of ether oxygens (including phenoxy) is 2. The molecule has 2 atom stereocenters. The Hall–Kier alpha value is -1.73. The first-order valence-electron chi connectivity index (χ1n) is 5.84. The smallest absolute Gasteiger partial charge is 0.224 e. The zero-order valence-electron chi connectivity index (χ0n) is 10.1. The normalized spacial score (nSPS) is 23.8. The minimum atomic E-state index is 0.147. The summed E-state index contributed by atoms with van der Waals surface area (Å²) in [5.74, 6) is 0.635. The third-order valence-electron chi connectivity index (χ3n) is 3.23. The van der Waals surface area contributed by atoms with Crippen LogP contribution >= 0.6 is 0 Å². The van der Waals surface area contributed by atoms with Crippen LogP contribution in [0.15, 0.2) is 12.5 Å². The number of hydrogen-bond donors (Lipinski definition) is 1. The van der Waals surface area contributed by atoms with E-state index in [2.05, 4.69) is 15.1 Å². The maximum absolute atomic E-state index is 5.74. The number of aromatic nitrogens is 4. The number of anilines is 1. The molecule has 0 amide bonds. The fraction of sp³-hybridized carbons (Fsp3) is 0.545. The first kappa shape index (κ1) is 11.4. The number of nitrogens with zero attached hydrogens (tertiary/aromatic N) is 4. The molecule has 7 nitrogen and oxygen atoms in total. The van der Waals surface area contributed by atoms with Gasteiger partial charge >= 0.3 is 0 Å². The largest absolute Gasteiger partial charge is 0.382 e. The zero-order chi connectivity index (χ0) is 12.5. The molecule has 18 heavy (non-hydrogen) atoms.